The van der Waals surface area contributed by atoms with Gasteiger partial charge >= 0.3 is 6.18 Å². The van der Waals surface area contributed by atoms with E-state index in [-0.39, 0.29) is 17.9 Å². The van der Waals surface area contributed by atoms with E-state index in [0.29, 0.717) is 9.37 Å². The largest absolute Gasteiger partial charge is 0.406 e. The summed E-state index contributed by atoms with van der Waals surface area (Å²) in [6.07, 6.45) is -4.84. The van der Waals surface area contributed by atoms with E-state index in [4.69, 9.17) is 0 Å². The molecule has 0 aliphatic heterocycles. The van der Waals surface area contributed by atoms with Crippen LogP contribution in [0.2, 0.25) is 0 Å². The summed E-state index contributed by atoms with van der Waals surface area (Å²) in [7, 11) is -2.78. The first-order chi connectivity index (χ1) is 10.0. The molecule has 0 bridgehead atoms. The highest BCUT2D eigenvalue weighted by Crippen LogP contribution is 2.16. The molecule has 0 heterocycles. The molecule has 5 nitrogen and oxygen atoms in total. The van der Waals surface area contributed by atoms with Crippen LogP contribution in [0.15, 0.2) is 33.6 Å². The maximum absolute atomic E-state index is 12.1. The lowest BCUT2D eigenvalue weighted by atomic mass is 10.3. The van der Waals surface area contributed by atoms with Crippen LogP contribution < -0.4 is 4.72 Å². The van der Waals surface area contributed by atoms with Gasteiger partial charge in [-0.3, -0.25) is 4.79 Å². The summed E-state index contributed by atoms with van der Waals surface area (Å²) in [5, 5.41) is 0. The summed E-state index contributed by atoms with van der Waals surface area (Å²) >= 11 is 3.17. The summed E-state index contributed by atoms with van der Waals surface area (Å²) < 4.78 is 63.0. The topological polar surface area (TPSA) is 66.5 Å². The van der Waals surface area contributed by atoms with Gasteiger partial charge in [-0.15, -0.1) is 0 Å². The third-order valence-corrected chi connectivity index (χ3v) is 4.60. The molecule has 1 rings (SSSR count). The first-order valence-electron chi connectivity index (χ1n) is 6.07. The Bertz CT molecular complexity index is 617. The van der Waals surface area contributed by atoms with Gasteiger partial charge in [0.15, 0.2) is 0 Å². The fraction of sp³-hybridized carbons (Fsp3) is 0.417. The summed E-state index contributed by atoms with van der Waals surface area (Å²) in [6.45, 7) is -1.65. The molecular formula is C12H14BrF3N2O3S. The van der Waals surface area contributed by atoms with Crippen molar-refractivity contribution < 1.29 is 26.4 Å². The van der Waals surface area contributed by atoms with Crippen LogP contribution in [-0.2, 0) is 14.8 Å². The van der Waals surface area contributed by atoms with Crippen molar-refractivity contribution in [3.63, 3.8) is 0 Å². The van der Waals surface area contributed by atoms with Crippen LogP contribution in [0.4, 0.5) is 13.2 Å². The molecule has 1 aromatic rings. The van der Waals surface area contributed by atoms with Crippen molar-refractivity contribution in [2.24, 2.45) is 0 Å². The summed E-state index contributed by atoms with van der Waals surface area (Å²) in [4.78, 5) is 12.0. The van der Waals surface area contributed by atoms with Gasteiger partial charge in [0.1, 0.15) is 6.54 Å². The van der Waals surface area contributed by atoms with Crippen molar-refractivity contribution in [1.82, 2.24) is 9.62 Å². The molecule has 0 aliphatic carbocycles. The molecule has 1 amide bonds. The zero-order valence-corrected chi connectivity index (χ0v) is 13.9. The van der Waals surface area contributed by atoms with Crippen LogP contribution >= 0.6 is 15.9 Å². The summed E-state index contributed by atoms with van der Waals surface area (Å²) in [5.74, 6) is -0.796. The second-order valence-electron chi connectivity index (χ2n) is 4.47. The molecule has 0 aromatic heterocycles. The number of hydrogen-bond acceptors (Lipinski definition) is 3. The number of rotatable bonds is 6. The van der Waals surface area contributed by atoms with Crippen molar-refractivity contribution in [3.05, 3.63) is 28.7 Å². The fourth-order valence-corrected chi connectivity index (χ4v) is 2.83. The minimum atomic E-state index is -4.48. The molecule has 1 aromatic carbocycles. The molecule has 0 spiro atoms. The molecule has 1 N–H and O–H groups in total. The average molecular weight is 403 g/mol. The molecular weight excluding hydrogens is 389 g/mol. The van der Waals surface area contributed by atoms with Crippen LogP contribution in [0.1, 0.15) is 6.42 Å². The molecule has 0 fully saturated rings. The van der Waals surface area contributed by atoms with Crippen LogP contribution in [0.5, 0.6) is 0 Å². The fourth-order valence-electron chi connectivity index (χ4n) is 1.54. The molecule has 0 unspecified atom stereocenters. The molecule has 0 radical (unpaired) electrons. The van der Waals surface area contributed by atoms with Gasteiger partial charge in [-0.2, -0.15) is 13.2 Å². The number of benzene rings is 1. The lowest BCUT2D eigenvalue weighted by molar-refractivity contribution is -0.158. The number of hydrogen-bond donors (Lipinski definition) is 1. The Morgan fingerprint density at radius 3 is 2.32 bits per heavy atom. The Balaban J connectivity index is 2.52. The predicted molar refractivity (Wildman–Crippen MR) is 77.6 cm³/mol. The predicted octanol–water partition coefficient (Wildman–Crippen LogP) is 2.14. The Morgan fingerprint density at radius 1 is 1.27 bits per heavy atom. The van der Waals surface area contributed by atoms with E-state index in [2.05, 4.69) is 20.7 Å². The number of nitrogens with one attached hydrogen (secondary N) is 1. The lowest BCUT2D eigenvalue weighted by Crippen LogP contribution is -2.37. The van der Waals surface area contributed by atoms with Crippen LogP contribution in [0.25, 0.3) is 0 Å². The van der Waals surface area contributed by atoms with E-state index >= 15 is 0 Å². The molecule has 124 valence electrons. The van der Waals surface area contributed by atoms with Gasteiger partial charge in [0.05, 0.1) is 4.90 Å². The van der Waals surface area contributed by atoms with E-state index in [0.717, 1.165) is 7.05 Å². The number of halogens is 4. The summed E-state index contributed by atoms with van der Waals surface area (Å²) in [6, 6.07) is 5.81. The molecule has 0 saturated carbocycles. The number of amides is 1. The van der Waals surface area contributed by atoms with Crippen LogP contribution in [-0.4, -0.2) is 45.5 Å². The molecule has 0 aliphatic rings. The molecule has 0 saturated heterocycles. The van der Waals surface area contributed by atoms with Crippen LogP contribution in [0.3, 0.4) is 0 Å². The molecule has 10 heteroatoms. The third kappa shape index (κ3) is 6.32. The van der Waals surface area contributed by atoms with E-state index in [9.17, 15) is 26.4 Å². The number of sulfonamides is 1. The Morgan fingerprint density at radius 2 is 1.82 bits per heavy atom. The van der Waals surface area contributed by atoms with Crippen molar-refractivity contribution in [3.8, 4) is 0 Å². The van der Waals surface area contributed by atoms with Crippen LogP contribution in [0, 0.1) is 0 Å². The maximum Gasteiger partial charge on any atom is 0.406 e. The lowest BCUT2D eigenvalue weighted by Gasteiger charge is -2.18. The Hall–Kier alpha value is -1.13. The van der Waals surface area contributed by atoms with Crippen molar-refractivity contribution in [1.29, 1.82) is 0 Å². The Kier molecular flexibility index (Phi) is 6.38. The quantitative estimate of drug-likeness (QED) is 0.792. The number of nitrogens with zero attached hydrogens (tertiary/aromatic N) is 1. The monoisotopic (exact) mass is 402 g/mol. The first-order valence-corrected chi connectivity index (χ1v) is 8.35. The maximum atomic E-state index is 12.1. The van der Waals surface area contributed by atoms with E-state index in [1.54, 1.807) is 0 Å². The van der Waals surface area contributed by atoms with Gasteiger partial charge in [0.2, 0.25) is 15.9 Å². The van der Waals surface area contributed by atoms with Crippen molar-refractivity contribution in [2.75, 3.05) is 20.1 Å². The highest BCUT2D eigenvalue weighted by atomic mass is 79.9. The molecule has 0 atom stereocenters. The Labute approximate surface area is 134 Å². The normalized spacial score (nSPS) is 12.2. The van der Waals surface area contributed by atoms with Gasteiger partial charge in [-0.1, -0.05) is 15.9 Å². The van der Waals surface area contributed by atoms with Gasteiger partial charge < -0.3 is 4.90 Å². The van der Waals surface area contributed by atoms with E-state index in [1.807, 2.05) is 0 Å². The standard InChI is InChI=1S/C12H14BrF3N2O3S/c1-18(8-12(14,15)16)11(19)6-7-17-22(20,21)10-4-2-9(13)3-5-10/h2-5,17H,6-8H2,1H3. The third-order valence-electron chi connectivity index (χ3n) is 2.60. The minimum absolute atomic E-state index is 0.00629. The first kappa shape index (κ1) is 18.9. The highest BCUT2D eigenvalue weighted by Gasteiger charge is 2.31. The van der Waals surface area contributed by atoms with Gasteiger partial charge in [0, 0.05) is 24.5 Å². The molecule has 22 heavy (non-hydrogen) atoms. The smallest absolute Gasteiger partial charge is 0.337 e. The van der Waals surface area contributed by atoms with Crippen molar-refractivity contribution >= 4 is 31.9 Å². The van der Waals surface area contributed by atoms with Gasteiger partial charge in [-0.05, 0) is 24.3 Å². The highest BCUT2D eigenvalue weighted by molar-refractivity contribution is 9.10. The van der Waals surface area contributed by atoms with Gasteiger partial charge in [0.25, 0.3) is 0 Å². The number of alkyl halides is 3. The minimum Gasteiger partial charge on any atom is -0.337 e. The summed E-state index contributed by atoms with van der Waals surface area (Å²) in [5.41, 5.74) is 0. The number of carbonyl (C=O) groups is 1. The van der Waals surface area contributed by atoms with E-state index < -0.39 is 28.7 Å². The van der Waals surface area contributed by atoms with E-state index in [1.165, 1.54) is 24.3 Å². The SMILES string of the molecule is CN(CC(F)(F)F)C(=O)CCNS(=O)(=O)c1ccc(Br)cc1. The van der Waals surface area contributed by atoms with Crippen molar-refractivity contribution in [2.45, 2.75) is 17.5 Å². The zero-order chi connectivity index (χ0) is 17.0. The average Bonchev–Trinajstić information content (AvgIpc) is 2.36. The number of carbonyl (C=O) groups excluding carboxylic acids is 1. The van der Waals surface area contributed by atoms with Gasteiger partial charge in [-0.25, -0.2) is 13.1 Å². The second kappa shape index (κ2) is 7.42. The second-order valence-corrected chi connectivity index (χ2v) is 7.15. The zero-order valence-electron chi connectivity index (χ0n) is 11.5.